The Bertz CT molecular complexity index is 632. The van der Waals surface area contributed by atoms with Crippen LogP contribution in [0.3, 0.4) is 0 Å². The van der Waals surface area contributed by atoms with E-state index < -0.39 is 0 Å². The van der Waals surface area contributed by atoms with Crippen LogP contribution < -0.4 is 0 Å². The third-order valence-electron chi connectivity index (χ3n) is 12.1. The molecule has 3 nitrogen and oxygen atoms in total. The molecule has 2 heterocycles. The second kappa shape index (κ2) is 20.2. The molecule has 2 saturated heterocycles. The highest BCUT2D eigenvalue weighted by Crippen LogP contribution is 2.54. The van der Waals surface area contributed by atoms with Crippen LogP contribution in [0.5, 0.6) is 0 Å². The average Bonchev–Trinajstić information content (AvgIpc) is 3.94. The van der Waals surface area contributed by atoms with Crippen molar-refractivity contribution in [3.8, 4) is 0 Å². The molecule has 0 aromatic carbocycles. The van der Waals surface area contributed by atoms with E-state index in [9.17, 15) is 0 Å². The Kier molecular flexibility index (Phi) is 16.8. The summed E-state index contributed by atoms with van der Waals surface area (Å²) in [5.74, 6) is 1.37. The van der Waals surface area contributed by atoms with Gasteiger partial charge in [-0.25, -0.2) is 0 Å². The van der Waals surface area contributed by atoms with Crippen LogP contribution in [0.15, 0.2) is 0 Å². The maximum absolute atomic E-state index is 7.96. The van der Waals surface area contributed by atoms with Crippen LogP contribution in [-0.2, 0) is 14.2 Å². The van der Waals surface area contributed by atoms with Crippen molar-refractivity contribution in [1.82, 2.24) is 0 Å². The third-order valence-corrected chi connectivity index (χ3v) is 12.1. The molecule has 0 bridgehead atoms. The third kappa shape index (κ3) is 11.6. The zero-order chi connectivity index (χ0) is 30.1. The monoisotopic (exact) mass is 603 g/mol. The minimum absolute atomic E-state index is 0.0658. The van der Waals surface area contributed by atoms with Crippen molar-refractivity contribution in [3.05, 3.63) is 0 Å². The van der Waals surface area contributed by atoms with Crippen LogP contribution in [0.25, 0.3) is 0 Å². The highest BCUT2D eigenvalue weighted by molar-refractivity contribution is 5.09. The van der Waals surface area contributed by atoms with E-state index in [0.717, 1.165) is 13.2 Å². The molecule has 0 radical (unpaired) electrons. The van der Waals surface area contributed by atoms with Gasteiger partial charge in [-0.3, -0.25) is 0 Å². The minimum Gasteiger partial charge on any atom is -0.370 e. The molecule has 0 aromatic rings. The number of ether oxygens (including phenoxy) is 3. The lowest BCUT2D eigenvalue weighted by Gasteiger charge is -2.49. The number of hydrogen-bond donors (Lipinski definition) is 0. The lowest BCUT2D eigenvalue weighted by atomic mass is 9.74. The molecule has 2 aliphatic heterocycles. The van der Waals surface area contributed by atoms with E-state index in [1.165, 1.54) is 193 Å². The van der Waals surface area contributed by atoms with Crippen molar-refractivity contribution in [1.29, 1.82) is 0 Å². The molecule has 0 spiro atoms. The molecule has 4 rings (SSSR count). The van der Waals surface area contributed by atoms with Gasteiger partial charge in [-0.1, -0.05) is 168 Å². The van der Waals surface area contributed by atoms with Gasteiger partial charge in [0.2, 0.25) is 0 Å². The van der Waals surface area contributed by atoms with Crippen molar-refractivity contribution in [2.75, 3.05) is 13.2 Å². The molecule has 4 fully saturated rings. The van der Waals surface area contributed by atoms with Gasteiger partial charge in [-0.15, -0.1) is 0 Å². The maximum Gasteiger partial charge on any atom is 0.110 e. The van der Waals surface area contributed by atoms with Crippen molar-refractivity contribution in [2.45, 2.75) is 230 Å². The zero-order valence-corrected chi connectivity index (χ0v) is 29.2. The van der Waals surface area contributed by atoms with Crippen LogP contribution in [0.4, 0.5) is 0 Å². The first-order chi connectivity index (χ1) is 21.2. The number of rotatable bonds is 28. The van der Waals surface area contributed by atoms with E-state index in [0.29, 0.717) is 24.0 Å². The molecule has 3 heteroatoms. The smallest absolute Gasteiger partial charge is 0.110 e. The van der Waals surface area contributed by atoms with Crippen LogP contribution >= 0.6 is 0 Å². The molecule has 2 aliphatic carbocycles. The predicted octanol–water partition coefficient (Wildman–Crippen LogP) is 12.3. The summed E-state index contributed by atoms with van der Waals surface area (Å²) in [5.41, 5.74) is -0.132. The fourth-order valence-electron chi connectivity index (χ4n) is 9.28. The largest absolute Gasteiger partial charge is 0.370 e. The molecule has 2 saturated carbocycles. The number of epoxide rings is 2. The van der Waals surface area contributed by atoms with Crippen molar-refractivity contribution in [3.63, 3.8) is 0 Å². The predicted molar refractivity (Wildman–Crippen MR) is 183 cm³/mol. The molecule has 0 aromatic heterocycles. The van der Waals surface area contributed by atoms with Crippen LogP contribution in [0.1, 0.15) is 206 Å². The normalized spacial score (nSPS) is 25.3. The van der Waals surface area contributed by atoms with E-state index in [1.807, 2.05) is 0 Å². The summed E-state index contributed by atoms with van der Waals surface area (Å²) in [6.07, 6.45) is 42.1. The average molecular weight is 603 g/mol. The molecular formula is C40H74O3. The Morgan fingerprint density at radius 3 is 1.00 bits per heavy atom. The molecule has 0 N–H and O–H groups in total. The molecule has 0 amide bonds. The summed E-state index contributed by atoms with van der Waals surface area (Å²) in [6, 6.07) is 0. The maximum atomic E-state index is 7.96. The first-order valence-corrected chi connectivity index (χ1v) is 20.2. The zero-order valence-electron chi connectivity index (χ0n) is 29.2. The Morgan fingerprint density at radius 1 is 0.442 bits per heavy atom. The lowest BCUT2D eigenvalue weighted by molar-refractivity contribution is -0.227. The SMILES string of the molecule is CCCCCCCCCCCCC(OC(CCCCCCCCCCCC)(C1CCCC1)C1CO1)(C1CCCC1)C1CO1. The van der Waals surface area contributed by atoms with Gasteiger partial charge >= 0.3 is 0 Å². The van der Waals surface area contributed by atoms with Crippen molar-refractivity contribution >= 4 is 0 Å². The second-order valence-electron chi connectivity index (χ2n) is 15.5. The second-order valence-corrected chi connectivity index (χ2v) is 15.5. The van der Waals surface area contributed by atoms with Crippen molar-refractivity contribution < 1.29 is 14.2 Å². The topological polar surface area (TPSA) is 34.3 Å². The molecule has 252 valence electrons. The van der Waals surface area contributed by atoms with E-state index >= 15 is 0 Å². The summed E-state index contributed by atoms with van der Waals surface area (Å²) in [5, 5.41) is 0. The summed E-state index contributed by atoms with van der Waals surface area (Å²) >= 11 is 0. The fourth-order valence-corrected chi connectivity index (χ4v) is 9.28. The van der Waals surface area contributed by atoms with Gasteiger partial charge < -0.3 is 14.2 Å². The quantitative estimate of drug-likeness (QED) is 0.0660. The molecular weight excluding hydrogens is 528 g/mol. The first-order valence-electron chi connectivity index (χ1n) is 20.2. The van der Waals surface area contributed by atoms with Gasteiger partial charge in [-0.2, -0.15) is 0 Å². The summed E-state index contributed by atoms with van der Waals surface area (Å²) in [6.45, 7) is 6.49. The summed E-state index contributed by atoms with van der Waals surface area (Å²) in [7, 11) is 0. The van der Waals surface area contributed by atoms with Gasteiger partial charge in [0.05, 0.1) is 13.2 Å². The van der Waals surface area contributed by atoms with E-state index in [2.05, 4.69) is 13.8 Å². The Morgan fingerprint density at radius 2 is 0.721 bits per heavy atom. The summed E-state index contributed by atoms with van der Waals surface area (Å²) in [4.78, 5) is 0. The van der Waals surface area contributed by atoms with Crippen LogP contribution in [0.2, 0.25) is 0 Å². The number of unbranched alkanes of at least 4 members (excludes halogenated alkanes) is 18. The Balaban J connectivity index is 1.33. The minimum atomic E-state index is -0.0658. The standard InChI is InChI=1S/C40H74O3/c1-3-5-7-9-11-13-15-17-19-25-31-39(37-33-41-37,35-27-21-22-28-35)43-40(38-34-42-38,36-29-23-24-30-36)32-26-20-18-16-14-12-10-8-6-4-2/h35-38H,3-34H2,1-2H3. The lowest BCUT2D eigenvalue weighted by Crippen LogP contribution is -2.57. The van der Waals surface area contributed by atoms with Gasteiger partial charge in [-0.05, 0) is 50.4 Å². The van der Waals surface area contributed by atoms with Gasteiger partial charge in [0.15, 0.2) is 0 Å². The van der Waals surface area contributed by atoms with Crippen LogP contribution in [-0.4, -0.2) is 36.6 Å². The molecule has 4 unspecified atom stereocenters. The van der Waals surface area contributed by atoms with Crippen molar-refractivity contribution in [2.24, 2.45) is 11.8 Å². The molecule has 4 atom stereocenters. The Hall–Kier alpha value is -0.120. The van der Waals surface area contributed by atoms with Gasteiger partial charge in [0.25, 0.3) is 0 Å². The van der Waals surface area contributed by atoms with E-state index in [1.54, 1.807) is 0 Å². The summed E-state index contributed by atoms with van der Waals surface area (Å²) < 4.78 is 20.5. The van der Waals surface area contributed by atoms with Gasteiger partial charge in [0.1, 0.15) is 23.4 Å². The van der Waals surface area contributed by atoms with E-state index in [4.69, 9.17) is 14.2 Å². The Labute approximate surface area is 268 Å². The highest BCUT2D eigenvalue weighted by atomic mass is 16.6. The highest BCUT2D eigenvalue weighted by Gasteiger charge is 2.62. The fraction of sp³-hybridized carbons (Fsp3) is 1.00. The number of hydrogen-bond acceptors (Lipinski definition) is 3. The van der Waals surface area contributed by atoms with Gasteiger partial charge in [0, 0.05) is 0 Å². The van der Waals surface area contributed by atoms with E-state index in [-0.39, 0.29) is 11.2 Å². The van der Waals surface area contributed by atoms with Crippen LogP contribution in [0, 0.1) is 11.8 Å². The molecule has 43 heavy (non-hydrogen) atoms. The first kappa shape index (κ1) is 35.7. The molecule has 4 aliphatic rings.